The molecular formula is C14H14N2O5. The molecule has 1 atom stereocenters. The largest absolute Gasteiger partial charge is 0.481 e. The fourth-order valence-electron chi connectivity index (χ4n) is 2.02. The van der Waals surface area contributed by atoms with Gasteiger partial charge in [0, 0.05) is 11.2 Å². The predicted octanol–water partition coefficient (Wildman–Crippen LogP) is 0.754. The number of aromatic amines is 1. The fourth-order valence-corrected chi connectivity index (χ4v) is 2.02. The molecule has 110 valence electrons. The van der Waals surface area contributed by atoms with Crippen LogP contribution in [0.1, 0.15) is 12.1 Å². The summed E-state index contributed by atoms with van der Waals surface area (Å²) < 4.78 is 0. The number of carboxylic acid groups (broad SMARTS) is 2. The van der Waals surface area contributed by atoms with Crippen molar-refractivity contribution in [2.24, 2.45) is 0 Å². The Balaban J connectivity index is 2.03. The van der Waals surface area contributed by atoms with Crippen molar-refractivity contribution in [2.75, 3.05) is 0 Å². The Hall–Kier alpha value is -2.83. The van der Waals surface area contributed by atoms with Crippen LogP contribution in [0.2, 0.25) is 0 Å². The van der Waals surface area contributed by atoms with Crippen molar-refractivity contribution in [3.63, 3.8) is 0 Å². The van der Waals surface area contributed by atoms with E-state index in [1.165, 1.54) is 0 Å². The summed E-state index contributed by atoms with van der Waals surface area (Å²) >= 11 is 0. The Labute approximate surface area is 119 Å². The number of nitrogens with one attached hydrogen (secondary N) is 2. The molecule has 0 aliphatic carbocycles. The molecule has 7 heteroatoms. The van der Waals surface area contributed by atoms with E-state index >= 15 is 0 Å². The quantitative estimate of drug-likeness (QED) is 0.626. The molecule has 0 aliphatic heterocycles. The molecule has 0 bridgehead atoms. The molecule has 1 amide bonds. The highest BCUT2D eigenvalue weighted by Crippen LogP contribution is 2.14. The van der Waals surface area contributed by atoms with E-state index in [0.717, 1.165) is 10.9 Å². The van der Waals surface area contributed by atoms with Gasteiger partial charge >= 0.3 is 11.9 Å². The molecule has 0 radical (unpaired) electrons. The second-order valence-corrected chi connectivity index (χ2v) is 4.61. The van der Waals surface area contributed by atoms with Gasteiger partial charge in [0.05, 0.1) is 12.8 Å². The minimum Gasteiger partial charge on any atom is -0.481 e. The topological polar surface area (TPSA) is 119 Å². The van der Waals surface area contributed by atoms with Crippen molar-refractivity contribution >= 4 is 28.7 Å². The van der Waals surface area contributed by atoms with Crippen LogP contribution in [-0.2, 0) is 20.8 Å². The molecule has 0 aliphatic rings. The van der Waals surface area contributed by atoms with Gasteiger partial charge < -0.3 is 20.5 Å². The third kappa shape index (κ3) is 3.82. The van der Waals surface area contributed by atoms with E-state index in [-0.39, 0.29) is 6.42 Å². The van der Waals surface area contributed by atoms with Gasteiger partial charge in [-0.3, -0.25) is 9.59 Å². The monoisotopic (exact) mass is 290 g/mol. The molecule has 1 aromatic carbocycles. The highest BCUT2D eigenvalue weighted by atomic mass is 16.4. The zero-order valence-corrected chi connectivity index (χ0v) is 11.0. The number of hydrogen-bond donors (Lipinski definition) is 4. The van der Waals surface area contributed by atoms with Gasteiger partial charge in [-0.1, -0.05) is 18.2 Å². The zero-order valence-electron chi connectivity index (χ0n) is 11.0. The molecule has 0 saturated heterocycles. The SMILES string of the molecule is O=C(O)CC(NC(=O)Cc1cc2ccccc2[nH]1)C(=O)O. The van der Waals surface area contributed by atoms with Crippen LogP contribution in [0.3, 0.4) is 0 Å². The standard InChI is InChI=1S/C14H14N2O5/c17-12(16-11(14(20)21)7-13(18)19)6-9-5-8-3-1-2-4-10(8)15-9/h1-5,11,15H,6-7H2,(H,16,17)(H,18,19)(H,20,21). The smallest absolute Gasteiger partial charge is 0.326 e. The molecule has 1 unspecified atom stereocenters. The Kier molecular flexibility index (Phi) is 4.22. The molecule has 0 saturated carbocycles. The summed E-state index contributed by atoms with van der Waals surface area (Å²) in [5, 5.41) is 20.6. The van der Waals surface area contributed by atoms with Gasteiger partial charge in [0.1, 0.15) is 6.04 Å². The molecule has 0 spiro atoms. The number of carbonyl (C=O) groups excluding carboxylic acids is 1. The highest BCUT2D eigenvalue weighted by Gasteiger charge is 2.23. The highest BCUT2D eigenvalue weighted by molar-refractivity contribution is 5.88. The normalized spacial score (nSPS) is 12.0. The summed E-state index contributed by atoms with van der Waals surface area (Å²) in [6.45, 7) is 0. The molecule has 2 rings (SSSR count). The maximum Gasteiger partial charge on any atom is 0.326 e. The first-order valence-electron chi connectivity index (χ1n) is 6.26. The lowest BCUT2D eigenvalue weighted by Crippen LogP contribution is -2.42. The maximum absolute atomic E-state index is 11.8. The Morgan fingerprint density at radius 1 is 1.19 bits per heavy atom. The lowest BCUT2D eigenvalue weighted by molar-refractivity contribution is -0.147. The van der Waals surface area contributed by atoms with Gasteiger partial charge in [0.25, 0.3) is 0 Å². The Bertz CT molecular complexity index is 658. The number of benzene rings is 1. The third-order valence-electron chi connectivity index (χ3n) is 2.95. The van der Waals surface area contributed by atoms with Crippen LogP contribution >= 0.6 is 0 Å². The number of H-pyrrole nitrogens is 1. The average Bonchev–Trinajstić information content (AvgIpc) is 2.79. The lowest BCUT2D eigenvalue weighted by Gasteiger charge is -2.11. The number of aromatic nitrogens is 1. The summed E-state index contributed by atoms with van der Waals surface area (Å²) in [6, 6.07) is 7.84. The second kappa shape index (κ2) is 6.08. The third-order valence-corrected chi connectivity index (χ3v) is 2.95. The molecule has 1 aromatic heterocycles. The molecule has 4 N–H and O–H groups in total. The first kappa shape index (κ1) is 14.6. The summed E-state index contributed by atoms with van der Waals surface area (Å²) in [7, 11) is 0. The van der Waals surface area contributed by atoms with Gasteiger partial charge in [0.15, 0.2) is 0 Å². The van der Waals surface area contributed by atoms with Gasteiger partial charge in [-0.25, -0.2) is 4.79 Å². The first-order chi connectivity index (χ1) is 9.95. The summed E-state index contributed by atoms with van der Waals surface area (Å²) in [6.07, 6.45) is -0.703. The van der Waals surface area contributed by atoms with Crippen molar-refractivity contribution in [2.45, 2.75) is 18.9 Å². The first-order valence-corrected chi connectivity index (χ1v) is 6.26. The number of fused-ring (bicyclic) bond motifs is 1. The molecule has 0 fully saturated rings. The minimum absolute atomic E-state index is 0.0436. The summed E-state index contributed by atoms with van der Waals surface area (Å²) in [4.78, 5) is 36.3. The van der Waals surface area contributed by atoms with Crippen molar-refractivity contribution in [3.05, 3.63) is 36.0 Å². The lowest BCUT2D eigenvalue weighted by atomic mass is 10.2. The van der Waals surface area contributed by atoms with Crippen LogP contribution < -0.4 is 5.32 Å². The number of aliphatic carboxylic acids is 2. The number of rotatable bonds is 6. The number of carbonyl (C=O) groups is 3. The van der Waals surface area contributed by atoms with Crippen LogP contribution in [-0.4, -0.2) is 39.1 Å². The van der Waals surface area contributed by atoms with E-state index in [4.69, 9.17) is 10.2 Å². The van der Waals surface area contributed by atoms with Crippen molar-refractivity contribution in [1.82, 2.24) is 10.3 Å². The molecule has 7 nitrogen and oxygen atoms in total. The van der Waals surface area contributed by atoms with Gasteiger partial charge in [-0.2, -0.15) is 0 Å². The van der Waals surface area contributed by atoms with E-state index in [1.54, 1.807) is 6.07 Å². The van der Waals surface area contributed by atoms with E-state index in [9.17, 15) is 14.4 Å². The number of hydrogen-bond acceptors (Lipinski definition) is 3. The van der Waals surface area contributed by atoms with E-state index in [1.807, 2.05) is 24.3 Å². The van der Waals surface area contributed by atoms with Crippen LogP contribution in [0.25, 0.3) is 10.9 Å². The molecule has 21 heavy (non-hydrogen) atoms. The van der Waals surface area contributed by atoms with E-state index in [2.05, 4.69) is 10.3 Å². The number of para-hydroxylation sites is 1. The van der Waals surface area contributed by atoms with Crippen LogP contribution in [0.4, 0.5) is 0 Å². The maximum atomic E-state index is 11.8. The molecular weight excluding hydrogens is 276 g/mol. The second-order valence-electron chi connectivity index (χ2n) is 4.61. The van der Waals surface area contributed by atoms with Crippen LogP contribution in [0, 0.1) is 0 Å². The fraction of sp³-hybridized carbons (Fsp3) is 0.214. The van der Waals surface area contributed by atoms with E-state index in [0.29, 0.717) is 5.69 Å². The van der Waals surface area contributed by atoms with Gasteiger partial charge in [-0.15, -0.1) is 0 Å². The Morgan fingerprint density at radius 2 is 1.90 bits per heavy atom. The molecule has 1 heterocycles. The zero-order chi connectivity index (χ0) is 15.4. The summed E-state index contributed by atoms with van der Waals surface area (Å²) in [5.41, 5.74) is 1.51. The van der Waals surface area contributed by atoms with Crippen molar-refractivity contribution in [1.29, 1.82) is 0 Å². The minimum atomic E-state index is -1.43. The average molecular weight is 290 g/mol. The van der Waals surface area contributed by atoms with E-state index < -0.39 is 30.3 Å². The van der Waals surface area contributed by atoms with Crippen LogP contribution in [0.15, 0.2) is 30.3 Å². The van der Waals surface area contributed by atoms with Gasteiger partial charge in [-0.05, 0) is 17.5 Å². The van der Waals surface area contributed by atoms with Crippen molar-refractivity contribution < 1.29 is 24.6 Å². The van der Waals surface area contributed by atoms with Crippen LogP contribution in [0.5, 0.6) is 0 Å². The van der Waals surface area contributed by atoms with Gasteiger partial charge in [0.2, 0.25) is 5.91 Å². The van der Waals surface area contributed by atoms with Crippen molar-refractivity contribution in [3.8, 4) is 0 Å². The summed E-state index contributed by atoms with van der Waals surface area (Å²) in [5.74, 6) is -3.20. The number of carboxylic acids is 2. The molecule has 2 aromatic rings. The predicted molar refractivity (Wildman–Crippen MR) is 73.8 cm³/mol. The number of amides is 1. The Morgan fingerprint density at radius 3 is 2.52 bits per heavy atom.